The lowest BCUT2D eigenvalue weighted by atomic mass is 10.1. The van der Waals surface area contributed by atoms with Crippen molar-refractivity contribution < 1.29 is 14.3 Å². The average Bonchev–Trinajstić information content (AvgIpc) is 2.30. The number of anilines is 3. The quantitative estimate of drug-likeness (QED) is 0.752. The van der Waals surface area contributed by atoms with Gasteiger partial charge in [-0.15, -0.1) is 0 Å². The minimum absolute atomic E-state index is 0.000355. The van der Waals surface area contributed by atoms with Gasteiger partial charge in [-0.1, -0.05) is 11.6 Å². The molecule has 0 bridgehead atoms. The Kier molecular flexibility index (Phi) is 3.57. The van der Waals surface area contributed by atoms with Gasteiger partial charge in [-0.05, 0) is 36.4 Å². The molecule has 0 radical (unpaired) electrons. The fraction of sp³-hybridized carbons (Fsp3) is 0. The number of benzene rings is 2. The van der Waals surface area contributed by atoms with Gasteiger partial charge >= 0.3 is 5.97 Å². The summed E-state index contributed by atoms with van der Waals surface area (Å²) >= 11 is 5.73. The Labute approximate surface area is 113 Å². The van der Waals surface area contributed by atoms with E-state index in [0.717, 1.165) is 6.07 Å². The number of nitrogens with one attached hydrogen (secondary N) is 1. The molecule has 0 aliphatic heterocycles. The predicted octanol–water partition coefficient (Wildman–Crippen LogP) is 3.50. The van der Waals surface area contributed by atoms with E-state index in [1.807, 2.05) is 0 Å². The van der Waals surface area contributed by atoms with Gasteiger partial charge in [0.25, 0.3) is 0 Å². The van der Waals surface area contributed by atoms with Crippen LogP contribution in [0.15, 0.2) is 36.4 Å². The van der Waals surface area contributed by atoms with Gasteiger partial charge in [0.15, 0.2) is 0 Å². The number of nitrogen functional groups attached to an aromatic ring is 1. The van der Waals surface area contributed by atoms with E-state index < -0.39 is 11.8 Å². The highest BCUT2D eigenvalue weighted by atomic mass is 35.5. The second-order valence-electron chi connectivity index (χ2n) is 3.89. The summed E-state index contributed by atoms with van der Waals surface area (Å²) in [5, 5.41) is 12.1. The fourth-order valence-corrected chi connectivity index (χ4v) is 1.85. The van der Waals surface area contributed by atoms with Crippen LogP contribution in [0.3, 0.4) is 0 Å². The number of carbonyl (C=O) groups is 1. The average molecular weight is 281 g/mol. The van der Waals surface area contributed by atoms with Gasteiger partial charge in [0, 0.05) is 16.4 Å². The van der Waals surface area contributed by atoms with Crippen molar-refractivity contribution in [1.82, 2.24) is 0 Å². The number of hydrogen-bond donors (Lipinski definition) is 3. The van der Waals surface area contributed by atoms with Gasteiger partial charge in [0.1, 0.15) is 5.82 Å². The Morgan fingerprint density at radius 2 is 2.00 bits per heavy atom. The molecule has 0 aromatic heterocycles. The lowest BCUT2D eigenvalue weighted by Crippen LogP contribution is -2.04. The first-order valence-electron chi connectivity index (χ1n) is 5.31. The molecule has 0 fully saturated rings. The molecule has 0 saturated heterocycles. The van der Waals surface area contributed by atoms with Gasteiger partial charge in [-0.3, -0.25) is 0 Å². The zero-order chi connectivity index (χ0) is 14.0. The van der Waals surface area contributed by atoms with Crippen LogP contribution >= 0.6 is 11.6 Å². The van der Waals surface area contributed by atoms with Crippen molar-refractivity contribution >= 4 is 34.6 Å². The maximum absolute atomic E-state index is 13.2. The Morgan fingerprint density at radius 3 is 2.63 bits per heavy atom. The zero-order valence-corrected chi connectivity index (χ0v) is 10.4. The molecule has 4 N–H and O–H groups in total. The van der Waals surface area contributed by atoms with E-state index in [0.29, 0.717) is 17.1 Å². The molecule has 2 aromatic carbocycles. The Hall–Kier alpha value is -2.27. The fourth-order valence-electron chi connectivity index (χ4n) is 1.63. The standard InChI is InChI=1S/C13H10ClFN2O2/c14-7-3-8(15)5-10(4-7)17-12-2-1-9(16)6-11(12)13(18)19/h1-6,17H,16H2,(H,18,19). The predicted molar refractivity (Wildman–Crippen MR) is 72.5 cm³/mol. The normalized spacial score (nSPS) is 10.2. The first kappa shape index (κ1) is 13.2. The molecule has 6 heteroatoms. The van der Waals surface area contributed by atoms with E-state index in [2.05, 4.69) is 5.32 Å². The van der Waals surface area contributed by atoms with Crippen molar-refractivity contribution in [2.24, 2.45) is 0 Å². The van der Waals surface area contributed by atoms with Crippen molar-refractivity contribution in [3.05, 3.63) is 52.8 Å². The molecule has 2 aromatic rings. The van der Waals surface area contributed by atoms with E-state index in [9.17, 15) is 9.18 Å². The van der Waals surface area contributed by atoms with Crippen molar-refractivity contribution in [1.29, 1.82) is 0 Å². The highest BCUT2D eigenvalue weighted by Crippen LogP contribution is 2.25. The number of aromatic carboxylic acids is 1. The molecule has 98 valence electrons. The molecule has 0 saturated carbocycles. The number of carboxylic acids is 1. The summed E-state index contributed by atoms with van der Waals surface area (Å²) in [6.07, 6.45) is 0. The molecule has 0 aliphatic carbocycles. The van der Waals surface area contributed by atoms with Crippen LogP contribution in [-0.2, 0) is 0 Å². The summed E-state index contributed by atoms with van der Waals surface area (Å²) in [5.74, 6) is -1.64. The molecule has 19 heavy (non-hydrogen) atoms. The molecule has 0 spiro atoms. The molecule has 0 unspecified atom stereocenters. The first-order valence-corrected chi connectivity index (χ1v) is 5.69. The third-order valence-corrected chi connectivity index (χ3v) is 2.63. The lowest BCUT2D eigenvalue weighted by Gasteiger charge is -2.10. The molecule has 0 aliphatic rings. The van der Waals surface area contributed by atoms with Crippen LogP contribution in [0.1, 0.15) is 10.4 Å². The summed E-state index contributed by atoms with van der Waals surface area (Å²) in [7, 11) is 0. The van der Waals surface area contributed by atoms with Crippen molar-refractivity contribution in [3.8, 4) is 0 Å². The van der Waals surface area contributed by atoms with Gasteiger partial charge in [-0.2, -0.15) is 0 Å². The number of nitrogens with two attached hydrogens (primary N) is 1. The summed E-state index contributed by atoms with van der Waals surface area (Å²) in [5.41, 5.74) is 6.54. The largest absolute Gasteiger partial charge is 0.478 e. The maximum Gasteiger partial charge on any atom is 0.337 e. The number of hydrogen-bond acceptors (Lipinski definition) is 3. The number of rotatable bonds is 3. The van der Waals surface area contributed by atoms with Crippen LogP contribution in [0.25, 0.3) is 0 Å². The second-order valence-corrected chi connectivity index (χ2v) is 4.33. The smallest absolute Gasteiger partial charge is 0.337 e. The Morgan fingerprint density at radius 1 is 1.26 bits per heavy atom. The summed E-state index contributed by atoms with van der Waals surface area (Å²) in [6.45, 7) is 0. The van der Waals surface area contributed by atoms with Crippen LogP contribution in [-0.4, -0.2) is 11.1 Å². The van der Waals surface area contributed by atoms with Crippen LogP contribution in [0.5, 0.6) is 0 Å². The van der Waals surface area contributed by atoms with Crippen molar-refractivity contribution in [3.63, 3.8) is 0 Å². The van der Waals surface area contributed by atoms with Gasteiger partial charge in [0.2, 0.25) is 0 Å². The van der Waals surface area contributed by atoms with Crippen molar-refractivity contribution in [2.75, 3.05) is 11.1 Å². The SMILES string of the molecule is Nc1ccc(Nc2cc(F)cc(Cl)c2)c(C(=O)O)c1. The summed E-state index contributed by atoms with van der Waals surface area (Å²) in [4.78, 5) is 11.1. The van der Waals surface area contributed by atoms with Crippen LogP contribution in [0, 0.1) is 5.82 Å². The highest BCUT2D eigenvalue weighted by molar-refractivity contribution is 6.30. The van der Waals surface area contributed by atoms with E-state index >= 15 is 0 Å². The molecular formula is C13H10ClFN2O2. The Bertz CT molecular complexity index is 626. The molecule has 0 atom stereocenters. The monoisotopic (exact) mass is 280 g/mol. The Balaban J connectivity index is 2.40. The number of carboxylic acid groups (broad SMARTS) is 1. The third-order valence-electron chi connectivity index (χ3n) is 2.42. The molecule has 2 rings (SSSR count). The molecule has 0 heterocycles. The van der Waals surface area contributed by atoms with E-state index in [4.69, 9.17) is 22.4 Å². The highest BCUT2D eigenvalue weighted by Gasteiger charge is 2.11. The van der Waals surface area contributed by atoms with Crippen LogP contribution in [0.2, 0.25) is 5.02 Å². The van der Waals surface area contributed by atoms with Gasteiger partial charge in [-0.25, -0.2) is 9.18 Å². The van der Waals surface area contributed by atoms with Crippen molar-refractivity contribution in [2.45, 2.75) is 0 Å². The van der Waals surface area contributed by atoms with Crippen LogP contribution < -0.4 is 11.1 Å². The molecule has 4 nitrogen and oxygen atoms in total. The van der Waals surface area contributed by atoms with E-state index in [1.165, 1.54) is 24.3 Å². The van der Waals surface area contributed by atoms with E-state index in [1.54, 1.807) is 6.07 Å². The third kappa shape index (κ3) is 3.14. The number of halogens is 2. The molecular weight excluding hydrogens is 271 g/mol. The molecule has 0 amide bonds. The van der Waals surface area contributed by atoms with Gasteiger partial charge < -0.3 is 16.2 Å². The second kappa shape index (κ2) is 5.16. The first-order chi connectivity index (χ1) is 8.95. The minimum Gasteiger partial charge on any atom is -0.478 e. The topological polar surface area (TPSA) is 75.3 Å². The maximum atomic E-state index is 13.2. The van der Waals surface area contributed by atoms with Gasteiger partial charge in [0.05, 0.1) is 11.3 Å². The van der Waals surface area contributed by atoms with Crippen LogP contribution in [0.4, 0.5) is 21.5 Å². The summed E-state index contributed by atoms with van der Waals surface area (Å²) < 4.78 is 13.2. The summed E-state index contributed by atoms with van der Waals surface area (Å²) in [6, 6.07) is 8.26. The minimum atomic E-state index is -1.13. The lowest BCUT2D eigenvalue weighted by molar-refractivity contribution is 0.0698. The van der Waals surface area contributed by atoms with E-state index in [-0.39, 0.29) is 10.6 Å². The zero-order valence-electron chi connectivity index (χ0n) is 9.65.